The number of sulfonamides is 1. The van der Waals surface area contributed by atoms with Crippen molar-refractivity contribution in [1.82, 2.24) is 9.29 Å². The minimum Gasteiger partial charge on any atom is -0.501 e. The van der Waals surface area contributed by atoms with Gasteiger partial charge in [-0.15, -0.1) is 0 Å². The molecule has 0 aliphatic carbocycles. The van der Waals surface area contributed by atoms with E-state index in [1.54, 1.807) is 6.07 Å². The van der Waals surface area contributed by atoms with Crippen molar-refractivity contribution < 1.29 is 23.1 Å². The topological polar surface area (TPSA) is 96.8 Å². The zero-order chi connectivity index (χ0) is 18.4. The first-order valence-electron chi connectivity index (χ1n) is 7.69. The van der Waals surface area contributed by atoms with Gasteiger partial charge in [0, 0.05) is 24.2 Å². The Hall–Kier alpha value is -2.61. The van der Waals surface area contributed by atoms with E-state index in [1.165, 1.54) is 27.1 Å². The number of aromatic nitrogens is 1. The summed E-state index contributed by atoms with van der Waals surface area (Å²) in [5.41, 5.74) is -0.364. The molecule has 0 spiro atoms. The molecule has 1 aromatic heterocycles. The molecule has 0 bridgehead atoms. The normalized spacial score (nSPS) is 20.8. The van der Waals surface area contributed by atoms with Gasteiger partial charge in [0.05, 0.1) is 11.3 Å². The molecule has 1 aliphatic heterocycles. The smallest absolute Gasteiger partial charge is 0.251 e. The number of carbonyl (C=O) groups is 1. The number of Topliss-reactive ketones (excluding diaryl/α,β-unsaturated/α-hetero) is 1. The van der Waals surface area contributed by atoms with Crippen LogP contribution < -0.4 is 0 Å². The van der Waals surface area contributed by atoms with Crippen molar-refractivity contribution in [2.24, 2.45) is 0 Å². The molecule has 0 saturated heterocycles. The number of pyridine rings is 1. The average Bonchev–Trinajstić information content (AvgIpc) is 2.85. The van der Waals surface area contributed by atoms with Crippen LogP contribution in [0.4, 0.5) is 0 Å². The average molecular weight is 362 g/mol. The molecule has 2 aromatic rings. The summed E-state index contributed by atoms with van der Waals surface area (Å²) in [6.07, 6.45) is 1.49. The quantitative estimate of drug-likeness (QED) is 0.894. The molecule has 1 aliphatic rings. The first-order chi connectivity index (χ1) is 11.7. The number of aliphatic hydroxyl groups excluding tert-OH is 1. The molecule has 0 saturated carbocycles. The second-order valence-corrected chi connectivity index (χ2v) is 8.19. The molecule has 1 atom stereocenters. The van der Waals surface area contributed by atoms with Crippen LogP contribution in [0.3, 0.4) is 0 Å². The van der Waals surface area contributed by atoms with Crippen molar-refractivity contribution in [2.75, 3.05) is 12.8 Å². The third kappa shape index (κ3) is 2.62. The number of hydrogen-bond donors (Lipinski definition) is 1. The Labute approximate surface area is 145 Å². The van der Waals surface area contributed by atoms with Crippen molar-refractivity contribution in [2.45, 2.75) is 19.4 Å². The molecular weight excluding hydrogens is 344 g/mol. The highest BCUT2D eigenvalue weighted by Crippen LogP contribution is 2.39. The van der Waals surface area contributed by atoms with Crippen LogP contribution in [0, 0.1) is 0 Å². The van der Waals surface area contributed by atoms with Crippen LogP contribution >= 0.6 is 0 Å². The van der Waals surface area contributed by atoms with Crippen LogP contribution in [0.5, 0.6) is 0 Å². The zero-order valence-electron chi connectivity index (χ0n) is 14.1. The lowest BCUT2D eigenvalue weighted by Crippen LogP contribution is -2.33. The van der Waals surface area contributed by atoms with Crippen molar-refractivity contribution in [3.05, 3.63) is 53.7 Å². The summed E-state index contributed by atoms with van der Waals surface area (Å²) in [5.74, 6) is -1.98. The highest BCUT2D eigenvalue weighted by atomic mass is 32.2. The monoisotopic (exact) mass is 362 g/mol. The number of ketones is 1. The number of aliphatic hydroxyl groups is 1. The van der Waals surface area contributed by atoms with Crippen molar-refractivity contribution in [3.63, 3.8) is 0 Å². The second-order valence-electron chi connectivity index (χ2n) is 5.90. The van der Waals surface area contributed by atoms with Crippen molar-refractivity contribution in [3.8, 4) is 0 Å². The molecule has 2 heterocycles. The number of para-hydroxylation sites is 1. The van der Waals surface area contributed by atoms with E-state index in [9.17, 15) is 18.3 Å². The maximum Gasteiger partial charge on any atom is 0.251 e. The summed E-state index contributed by atoms with van der Waals surface area (Å²) in [6, 6.07) is 9.11. The summed E-state index contributed by atoms with van der Waals surface area (Å²) in [7, 11) is -2.44. The highest BCUT2D eigenvalue weighted by molar-refractivity contribution is 7.89. The summed E-state index contributed by atoms with van der Waals surface area (Å²) in [4.78, 5) is 16.9. The fourth-order valence-corrected chi connectivity index (χ4v) is 3.43. The largest absolute Gasteiger partial charge is 0.501 e. The maximum absolute atomic E-state index is 12.6. The van der Waals surface area contributed by atoms with E-state index in [0.717, 1.165) is 15.2 Å². The molecule has 7 nitrogen and oxygen atoms in total. The van der Waals surface area contributed by atoms with Gasteiger partial charge in [-0.2, -0.15) is 0 Å². The van der Waals surface area contributed by atoms with Gasteiger partial charge in [0.1, 0.15) is 0 Å². The van der Waals surface area contributed by atoms with Gasteiger partial charge in [-0.1, -0.05) is 18.2 Å². The van der Waals surface area contributed by atoms with Crippen molar-refractivity contribution >= 4 is 26.7 Å². The molecule has 0 amide bonds. The van der Waals surface area contributed by atoms with Crippen LogP contribution in [0.1, 0.15) is 19.4 Å². The summed E-state index contributed by atoms with van der Waals surface area (Å²) in [5, 5.41) is 11.0. The zero-order valence-corrected chi connectivity index (χ0v) is 14.9. The van der Waals surface area contributed by atoms with Gasteiger partial charge in [0.25, 0.3) is 11.7 Å². The molecule has 1 unspecified atom stereocenters. The van der Waals surface area contributed by atoms with Gasteiger partial charge >= 0.3 is 0 Å². The number of nitrogens with zero attached hydrogens (tertiary/aromatic N) is 2. The Morgan fingerprint density at radius 1 is 1.32 bits per heavy atom. The number of benzene rings is 1. The lowest BCUT2D eigenvalue weighted by atomic mass is 9.92. The molecule has 1 aromatic carbocycles. The van der Waals surface area contributed by atoms with E-state index in [-0.39, 0.29) is 11.6 Å². The lowest BCUT2D eigenvalue weighted by molar-refractivity contribution is -0.132. The van der Waals surface area contributed by atoms with Crippen LogP contribution in [-0.2, 0) is 25.2 Å². The van der Waals surface area contributed by atoms with Gasteiger partial charge in [-0.05, 0) is 26.0 Å². The third-order valence-electron chi connectivity index (χ3n) is 4.36. The number of hydrogen-bond acceptors (Lipinski definition) is 6. The lowest BCUT2D eigenvalue weighted by Gasteiger charge is -2.26. The van der Waals surface area contributed by atoms with E-state index in [4.69, 9.17) is 4.74 Å². The Kier molecular flexibility index (Phi) is 3.95. The highest BCUT2D eigenvalue weighted by Gasteiger charge is 2.50. The van der Waals surface area contributed by atoms with E-state index in [2.05, 4.69) is 4.98 Å². The fraction of sp³-hybridized carbons (Fsp3) is 0.294. The Morgan fingerprint density at radius 3 is 2.68 bits per heavy atom. The number of ether oxygens (including phenoxy) is 1. The van der Waals surface area contributed by atoms with Gasteiger partial charge in [0.15, 0.2) is 0 Å². The van der Waals surface area contributed by atoms with E-state index in [0.29, 0.717) is 5.56 Å². The first kappa shape index (κ1) is 17.2. The third-order valence-corrected chi connectivity index (χ3v) is 6.09. The molecule has 1 N–H and O–H groups in total. The maximum atomic E-state index is 12.6. The summed E-state index contributed by atoms with van der Waals surface area (Å²) >= 11 is 0. The van der Waals surface area contributed by atoms with Gasteiger partial charge in [-0.25, -0.2) is 12.7 Å². The fourth-order valence-electron chi connectivity index (χ4n) is 2.67. The van der Waals surface area contributed by atoms with Crippen LogP contribution in [0.25, 0.3) is 10.9 Å². The predicted octanol–water partition coefficient (Wildman–Crippen LogP) is 2.06. The number of carbonyl (C=O) groups excluding carboxylic acids is 1. The Morgan fingerprint density at radius 2 is 2.00 bits per heavy atom. The van der Waals surface area contributed by atoms with Gasteiger partial charge in [0.2, 0.25) is 21.4 Å². The molecule has 132 valence electrons. The van der Waals surface area contributed by atoms with Crippen LogP contribution in [0.2, 0.25) is 0 Å². The number of fused-ring (bicyclic) bond motifs is 1. The SMILES string of the molecule is CCS(=O)(=O)N(C)C1=C(O)C(=O)C(C)(c2cnc3ccccc3c2)O1. The van der Waals surface area contributed by atoms with E-state index in [1.807, 2.05) is 24.3 Å². The first-order valence-corrected chi connectivity index (χ1v) is 9.30. The van der Waals surface area contributed by atoms with Gasteiger partial charge < -0.3 is 9.84 Å². The molecule has 0 radical (unpaired) electrons. The van der Waals surface area contributed by atoms with Crippen LogP contribution in [-0.4, -0.2) is 41.4 Å². The molecule has 8 heteroatoms. The molecule has 3 rings (SSSR count). The standard InChI is InChI=1S/C17H18N2O5S/c1-4-25(22,23)19(3)16-14(20)15(21)17(2,24-16)12-9-11-7-5-6-8-13(11)18-10-12/h5-10,20H,4H2,1-3H3. The molecular formula is C17H18N2O5S. The predicted molar refractivity (Wildman–Crippen MR) is 92.1 cm³/mol. The van der Waals surface area contributed by atoms with Crippen LogP contribution in [0.15, 0.2) is 48.2 Å². The number of rotatable bonds is 4. The Balaban J connectivity index is 2.04. The second kappa shape index (κ2) is 5.73. The summed E-state index contributed by atoms with van der Waals surface area (Å²) in [6.45, 7) is 2.95. The minimum absolute atomic E-state index is 0.188. The van der Waals surface area contributed by atoms with E-state index >= 15 is 0 Å². The van der Waals surface area contributed by atoms with Gasteiger partial charge in [-0.3, -0.25) is 9.78 Å². The minimum atomic E-state index is -3.68. The molecule has 0 fully saturated rings. The van der Waals surface area contributed by atoms with E-state index < -0.39 is 27.2 Å². The molecule has 25 heavy (non-hydrogen) atoms. The Bertz CT molecular complexity index is 999. The summed E-state index contributed by atoms with van der Waals surface area (Å²) < 4.78 is 30.5. The van der Waals surface area contributed by atoms with Crippen molar-refractivity contribution in [1.29, 1.82) is 0 Å².